The Balaban J connectivity index is 1.69. The maximum atomic E-state index is 13.0. The Hall–Kier alpha value is -1.57. The molecular weight excluding hydrogens is 340 g/mol. The van der Waals surface area contributed by atoms with Gasteiger partial charge in [-0.2, -0.15) is 5.10 Å². The number of nitrogens with one attached hydrogen (secondary N) is 2. The molecule has 1 aromatic rings. The van der Waals surface area contributed by atoms with Crippen molar-refractivity contribution in [2.24, 2.45) is 0 Å². The summed E-state index contributed by atoms with van der Waals surface area (Å²) >= 11 is 1.10. The average Bonchev–Trinajstić information content (AvgIpc) is 2.63. The van der Waals surface area contributed by atoms with Crippen molar-refractivity contribution < 1.29 is 4.79 Å². The number of rotatable bonds is 5. The third-order valence-corrected chi connectivity index (χ3v) is 6.18. The molecule has 2 aliphatic rings. The lowest BCUT2D eigenvalue weighted by Gasteiger charge is -2.41. The molecule has 0 atom stereocenters. The molecule has 0 aromatic carbocycles. The standard InChI is InChI=1S/C17H26N4O3S/c22-14(11-25-16-15(23)18-17(24)20-19-16)21(12-7-3-1-4-8-12)13-9-5-2-6-10-13/h12-13H,1-11H2,(H2,18,20,23,24). The van der Waals surface area contributed by atoms with Crippen LogP contribution in [-0.4, -0.2) is 43.8 Å². The highest BCUT2D eigenvalue weighted by molar-refractivity contribution is 7.99. The van der Waals surface area contributed by atoms with E-state index in [9.17, 15) is 14.4 Å². The Bertz CT molecular complexity index is 672. The fourth-order valence-corrected chi connectivity index (χ4v) is 4.76. The highest BCUT2D eigenvalue weighted by Gasteiger charge is 2.32. The first-order valence-electron chi connectivity index (χ1n) is 9.28. The first kappa shape index (κ1) is 18.2. The zero-order valence-corrected chi connectivity index (χ0v) is 15.3. The van der Waals surface area contributed by atoms with Gasteiger partial charge in [0.2, 0.25) is 5.91 Å². The van der Waals surface area contributed by atoms with E-state index in [4.69, 9.17) is 0 Å². The second-order valence-corrected chi connectivity index (χ2v) is 7.95. The summed E-state index contributed by atoms with van der Waals surface area (Å²) in [5.74, 6) is 0.283. The van der Waals surface area contributed by atoms with Gasteiger partial charge in [0.1, 0.15) is 0 Å². The van der Waals surface area contributed by atoms with E-state index < -0.39 is 11.2 Å². The predicted octanol–water partition coefficient (Wildman–Crippen LogP) is 2.04. The van der Waals surface area contributed by atoms with Gasteiger partial charge in [0.25, 0.3) is 5.56 Å². The number of aromatic amines is 2. The number of carbonyl (C=O) groups is 1. The van der Waals surface area contributed by atoms with E-state index in [0.717, 1.165) is 37.4 Å². The summed E-state index contributed by atoms with van der Waals surface area (Å²) < 4.78 is 0. The van der Waals surface area contributed by atoms with Crippen LogP contribution in [-0.2, 0) is 4.79 Å². The molecule has 2 aliphatic carbocycles. The van der Waals surface area contributed by atoms with Gasteiger partial charge in [-0.05, 0) is 25.7 Å². The second kappa shape index (κ2) is 8.69. The minimum absolute atomic E-state index is 0.0937. The Labute approximate surface area is 151 Å². The van der Waals surface area contributed by atoms with Crippen molar-refractivity contribution in [1.29, 1.82) is 0 Å². The number of hydrogen-bond donors (Lipinski definition) is 2. The summed E-state index contributed by atoms with van der Waals surface area (Å²) in [7, 11) is 0. The minimum Gasteiger partial charge on any atom is -0.336 e. The van der Waals surface area contributed by atoms with Crippen LogP contribution in [0.2, 0.25) is 0 Å². The number of thioether (sulfide) groups is 1. The zero-order chi connectivity index (χ0) is 17.6. The van der Waals surface area contributed by atoms with Crippen LogP contribution in [0, 0.1) is 0 Å². The van der Waals surface area contributed by atoms with Crippen LogP contribution in [0.1, 0.15) is 64.2 Å². The molecule has 2 N–H and O–H groups in total. The molecule has 7 nitrogen and oxygen atoms in total. The number of nitrogens with zero attached hydrogens (tertiary/aromatic N) is 2. The number of hydrogen-bond acceptors (Lipinski definition) is 5. The van der Waals surface area contributed by atoms with Gasteiger partial charge in [-0.3, -0.25) is 14.6 Å². The van der Waals surface area contributed by atoms with Gasteiger partial charge in [-0.1, -0.05) is 50.3 Å². The van der Waals surface area contributed by atoms with Crippen LogP contribution >= 0.6 is 11.8 Å². The molecule has 2 fully saturated rings. The summed E-state index contributed by atoms with van der Waals surface area (Å²) in [5.41, 5.74) is -1.17. The molecule has 1 aromatic heterocycles. The first-order chi connectivity index (χ1) is 12.1. The summed E-state index contributed by atoms with van der Waals surface area (Å²) in [6, 6.07) is 0.679. The topological polar surface area (TPSA) is 98.9 Å². The van der Waals surface area contributed by atoms with Crippen molar-refractivity contribution in [3.63, 3.8) is 0 Å². The highest BCUT2D eigenvalue weighted by Crippen LogP contribution is 2.31. The zero-order valence-electron chi connectivity index (χ0n) is 14.5. The minimum atomic E-state index is -0.633. The van der Waals surface area contributed by atoms with Gasteiger partial charge < -0.3 is 4.90 Å². The monoisotopic (exact) mass is 366 g/mol. The smallest absolute Gasteiger partial charge is 0.336 e. The van der Waals surface area contributed by atoms with Gasteiger partial charge >= 0.3 is 5.69 Å². The molecular formula is C17H26N4O3S. The van der Waals surface area contributed by atoms with Crippen LogP contribution in [0.4, 0.5) is 0 Å². The van der Waals surface area contributed by atoms with E-state index in [1.54, 1.807) is 0 Å². The highest BCUT2D eigenvalue weighted by atomic mass is 32.2. The lowest BCUT2D eigenvalue weighted by molar-refractivity contribution is -0.135. The van der Waals surface area contributed by atoms with Gasteiger partial charge in [0.15, 0.2) is 5.03 Å². The fraction of sp³-hybridized carbons (Fsp3) is 0.765. The van der Waals surface area contributed by atoms with Crippen molar-refractivity contribution in [3.05, 3.63) is 20.8 Å². The molecule has 138 valence electrons. The lowest BCUT2D eigenvalue weighted by Crippen LogP contribution is -2.49. The Kier molecular flexibility index (Phi) is 6.34. The van der Waals surface area contributed by atoms with E-state index >= 15 is 0 Å². The van der Waals surface area contributed by atoms with Crippen molar-refractivity contribution in [2.75, 3.05) is 5.75 Å². The van der Waals surface area contributed by atoms with E-state index in [2.05, 4.69) is 20.1 Å². The lowest BCUT2D eigenvalue weighted by atomic mass is 9.88. The van der Waals surface area contributed by atoms with Crippen molar-refractivity contribution in [3.8, 4) is 0 Å². The molecule has 3 rings (SSSR count). The van der Waals surface area contributed by atoms with Crippen LogP contribution < -0.4 is 11.2 Å². The van der Waals surface area contributed by atoms with Gasteiger partial charge in [-0.15, -0.1) is 0 Å². The quantitative estimate of drug-likeness (QED) is 0.777. The molecule has 0 bridgehead atoms. The number of carbonyl (C=O) groups excluding carboxylic acids is 1. The van der Waals surface area contributed by atoms with E-state index in [1.165, 1.54) is 38.5 Å². The van der Waals surface area contributed by atoms with Crippen LogP contribution in [0.25, 0.3) is 0 Å². The molecule has 0 spiro atoms. The number of amides is 1. The Morgan fingerprint density at radius 3 is 2.08 bits per heavy atom. The van der Waals surface area contributed by atoms with Crippen molar-refractivity contribution in [2.45, 2.75) is 81.3 Å². The molecule has 0 saturated heterocycles. The molecule has 0 radical (unpaired) electrons. The van der Waals surface area contributed by atoms with Crippen molar-refractivity contribution >= 4 is 17.7 Å². The number of aromatic nitrogens is 3. The molecule has 1 amide bonds. The average molecular weight is 366 g/mol. The third kappa shape index (κ3) is 4.74. The van der Waals surface area contributed by atoms with Crippen LogP contribution in [0.3, 0.4) is 0 Å². The predicted molar refractivity (Wildman–Crippen MR) is 96.8 cm³/mol. The summed E-state index contributed by atoms with van der Waals surface area (Å²) in [6.45, 7) is 0. The van der Waals surface area contributed by atoms with E-state index in [0.29, 0.717) is 12.1 Å². The molecule has 0 aliphatic heterocycles. The summed E-state index contributed by atoms with van der Waals surface area (Å²) in [5, 5.41) is 6.10. The van der Waals surface area contributed by atoms with Crippen molar-refractivity contribution in [1.82, 2.24) is 20.1 Å². The fourth-order valence-electron chi connectivity index (χ4n) is 4.06. The third-order valence-electron chi connectivity index (χ3n) is 5.24. The van der Waals surface area contributed by atoms with Gasteiger partial charge in [-0.25, -0.2) is 9.89 Å². The maximum absolute atomic E-state index is 13.0. The largest absolute Gasteiger partial charge is 0.342 e. The normalized spacial score (nSPS) is 19.7. The van der Waals surface area contributed by atoms with E-state index in [-0.39, 0.29) is 16.7 Å². The SMILES string of the molecule is O=C(CSc1n[nH]c(=O)[nH]c1=O)N(C1CCCCC1)C1CCCCC1. The summed E-state index contributed by atoms with van der Waals surface area (Å²) in [4.78, 5) is 40.0. The Morgan fingerprint density at radius 1 is 1.00 bits per heavy atom. The molecule has 25 heavy (non-hydrogen) atoms. The molecule has 8 heteroatoms. The van der Waals surface area contributed by atoms with Crippen LogP contribution in [0.15, 0.2) is 14.6 Å². The number of H-pyrrole nitrogens is 2. The molecule has 1 heterocycles. The van der Waals surface area contributed by atoms with Gasteiger partial charge in [0, 0.05) is 12.1 Å². The van der Waals surface area contributed by atoms with Crippen LogP contribution in [0.5, 0.6) is 0 Å². The first-order valence-corrected chi connectivity index (χ1v) is 10.3. The van der Waals surface area contributed by atoms with E-state index in [1.807, 2.05) is 0 Å². The molecule has 0 unspecified atom stereocenters. The summed E-state index contributed by atoms with van der Waals surface area (Å²) in [6.07, 6.45) is 11.6. The van der Waals surface area contributed by atoms with Gasteiger partial charge in [0.05, 0.1) is 5.75 Å². The Morgan fingerprint density at radius 2 is 1.56 bits per heavy atom. The maximum Gasteiger partial charge on any atom is 0.342 e. The second-order valence-electron chi connectivity index (χ2n) is 6.99. The molecule has 2 saturated carbocycles.